The molecule has 1 amide bonds. The van der Waals surface area contributed by atoms with Crippen molar-refractivity contribution in [2.24, 2.45) is 0 Å². The monoisotopic (exact) mass is 300 g/mol. The number of hydrogen-bond acceptors (Lipinski definition) is 3. The molecule has 4 nitrogen and oxygen atoms in total. The van der Waals surface area contributed by atoms with Gasteiger partial charge in [-0.15, -0.1) is 0 Å². The summed E-state index contributed by atoms with van der Waals surface area (Å²) in [6.07, 6.45) is 3.90. The number of likely N-dealkylation sites (N-methyl/N-ethyl adjacent to an activating group) is 1. The van der Waals surface area contributed by atoms with E-state index in [1.54, 1.807) is 0 Å². The van der Waals surface area contributed by atoms with Crippen LogP contribution in [0.3, 0.4) is 0 Å². The Morgan fingerprint density at radius 3 is 2.59 bits per heavy atom. The van der Waals surface area contributed by atoms with Gasteiger partial charge in [-0.2, -0.15) is 0 Å². The van der Waals surface area contributed by atoms with E-state index in [1.165, 1.54) is 11.1 Å². The van der Waals surface area contributed by atoms with Crippen LogP contribution in [-0.4, -0.2) is 61.6 Å². The van der Waals surface area contributed by atoms with Crippen molar-refractivity contribution in [3.05, 3.63) is 41.5 Å². The highest BCUT2D eigenvalue weighted by Crippen LogP contribution is 2.20. The van der Waals surface area contributed by atoms with E-state index in [0.717, 1.165) is 32.5 Å². The second-order valence-electron chi connectivity index (χ2n) is 6.16. The standard InChI is InChI=1S/C18H24N2O2/c1-19-11-12-22-17(14-19)18(21)20-9-7-16(8-10-20)13-15-5-3-2-4-6-15/h2-6,13,17H,7-12,14H2,1H3/t17-/m0/s1. The lowest BCUT2D eigenvalue weighted by atomic mass is 10.0. The van der Waals surface area contributed by atoms with Crippen LogP contribution >= 0.6 is 0 Å². The molecule has 0 unspecified atom stereocenters. The highest BCUT2D eigenvalue weighted by Gasteiger charge is 2.30. The molecule has 22 heavy (non-hydrogen) atoms. The largest absolute Gasteiger partial charge is 0.366 e. The minimum atomic E-state index is -0.279. The van der Waals surface area contributed by atoms with Crippen molar-refractivity contribution in [2.45, 2.75) is 18.9 Å². The number of hydrogen-bond donors (Lipinski definition) is 0. The van der Waals surface area contributed by atoms with Crippen molar-refractivity contribution in [1.29, 1.82) is 0 Å². The molecule has 118 valence electrons. The molecule has 2 heterocycles. The van der Waals surface area contributed by atoms with E-state index in [4.69, 9.17) is 4.74 Å². The zero-order chi connectivity index (χ0) is 15.4. The smallest absolute Gasteiger partial charge is 0.253 e. The van der Waals surface area contributed by atoms with Gasteiger partial charge in [0.25, 0.3) is 5.91 Å². The number of piperidine rings is 1. The van der Waals surface area contributed by atoms with Gasteiger partial charge in [-0.1, -0.05) is 42.0 Å². The zero-order valence-corrected chi connectivity index (χ0v) is 13.2. The third-order valence-corrected chi connectivity index (χ3v) is 4.43. The van der Waals surface area contributed by atoms with Gasteiger partial charge < -0.3 is 14.5 Å². The number of amides is 1. The summed E-state index contributed by atoms with van der Waals surface area (Å²) in [5.74, 6) is 0.158. The predicted octanol–water partition coefficient (Wildman–Crippen LogP) is 2.02. The van der Waals surface area contributed by atoms with Crippen LogP contribution < -0.4 is 0 Å². The summed E-state index contributed by atoms with van der Waals surface area (Å²) in [7, 11) is 2.04. The number of carbonyl (C=O) groups is 1. The van der Waals surface area contributed by atoms with Crippen molar-refractivity contribution < 1.29 is 9.53 Å². The maximum absolute atomic E-state index is 12.5. The van der Waals surface area contributed by atoms with Crippen molar-refractivity contribution in [3.8, 4) is 0 Å². The van der Waals surface area contributed by atoms with Gasteiger partial charge in [0.1, 0.15) is 6.10 Å². The molecule has 1 aromatic carbocycles. The summed E-state index contributed by atoms with van der Waals surface area (Å²) < 4.78 is 5.64. The van der Waals surface area contributed by atoms with Crippen LogP contribution in [-0.2, 0) is 9.53 Å². The molecule has 0 aromatic heterocycles. The highest BCUT2D eigenvalue weighted by molar-refractivity contribution is 5.81. The molecule has 0 bridgehead atoms. The number of ether oxygens (including phenoxy) is 1. The number of rotatable bonds is 2. The predicted molar refractivity (Wildman–Crippen MR) is 87.5 cm³/mol. The number of morpholine rings is 1. The Labute approximate surface area is 132 Å². The molecule has 4 heteroatoms. The van der Waals surface area contributed by atoms with Crippen LogP contribution in [0.2, 0.25) is 0 Å². The summed E-state index contributed by atoms with van der Waals surface area (Å²) >= 11 is 0. The second-order valence-corrected chi connectivity index (χ2v) is 6.16. The zero-order valence-electron chi connectivity index (χ0n) is 13.2. The Bertz CT molecular complexity index is 531. The molecule has 0 aliphatic carbocycles. The van der Waals surface area contributed by atoms with E-state index in [0.29, 0.717) is 13.2 Å². The Balaban J connectivity index is 1.55. The average Bonchev–Trinajstić information content (AvgIpc) is 2.56. The van der Waals surface area contributed by atoms with E-state index >= 15 is 0 Å². The maximum atomic E-state index is 12.5. The average molecular weight is 300 g/mol. The van der Waals surface area contributed by atoms with Crippen LogP contribution in [0.4, 0.5) is 0 Å². The van der Waals surface area contributed by atoms with Gasteiger partial charge in [0.15, 0.2) is 0 Å². The quantitative estimate of drug-likeness (QED) is 0.838. The number of likely N-dealkylation sites (tertiary alicyclic amines) is 1. The van der Waals surface area contributed by atoms with E-state index < -0.39 is 0 Å². The minimum Gasteiger partial charge on any atom is -0.366 e. The molecule has 2 aliphatic rings. The number of carbonyl (C=O) groups excluding carboxylic acids is 1. The van der Waals surface area contributed by atoms with E-state index in [2.05, 4.69) is 35.2 Å². The lowest BCUT2D eigenvalue weighted by Gasteiger charge is -2.35. The molecule has 1 aromatic rings. The van der Waals surface area contributed by atoms with Crippen molar-refractivity contribution >= 4 is 12.0 Å². The molecule has 2 aliphatic heterocycles. The maximum Gasteiger partial charge on any atom is 0.253 e. The molecule has 2 fully saturated rings. The van der Waals surface area contributed by atoms with Gasteiger partial charge >= 0.3 is 0 Å². The van der Waals surface area contributed by atoms with E-state index in [9.17, 15) is 4.79 Å². The van der Waals surface area contributed by atoms with Crippen molar-refractivity contribution in [1.82, 2.24) is 9.80 Å². The van der Waals surface area contributed by atoms with Crippen LogP contribution in [0.5, 0.6) is 0 Å². The first-order chi connectivity index (χ1) is 10.7. The van der Waals surface area contributed by atoms with Crippen molar-refractivity contribution in [3.63, 3.8) is 0 Å². The third kappa shape index (κ3) is 3.76. The molecule has 0 saturated carbocycles. The second kappa shape index (κ2) is 7.07. The van der Waals surface area contributed by atoms with Gasteiger partial charge in [0.2, 0.25) is 0 Å². The summed E-state index contributed by atoms with van der Waals surface area (Å²) in [5.41, 5.74) is 2.67. The molecular weight excluding hydrogens is 276 g/mol. The fourth-order valence-corrected chi connectivity index (χ4v) is 3.07. The van der Waals surface area contributed by atoms with Crippen LogP contribution in [0.15, 0.2) is 35.9 Å². The molecule has 1 atom stereocenters. The third-order valence-electron chi connectivity index (χ3n) is 4.43. The van der Waals surface area contributed by atoms with E-state index in [1.807, 2.05) is 18.0 Å². The summed E-state index contributed by atoms with van der Waals surface area (Å²) in [4.78, 5) is 16.6. The highest BCUT2D eigenvalue weighted by atomic mass is 16.5. The first-order valence-corrected chi connectivity index (χ1v) is 8.06. The lowest BCUT2D eigenvalue weighted by Crippen LogP contribution is -2.51. The van der Waals surface area contributed by atoms with Gasteiger partial charge in [0.05, 0.1) is 6.61 Å². The first kappa shape index (κ1) is 15.3. The topological polar surface area (TPSA) is 32.8 Å². The fraction of sp³-hybridized carbons (Fsp3) is 0.500. The van der Waals surface area contributed by atoms with Gasteiger partial charge in [0, 0.05) is 26.2 Å². The summed E-state index contributed by atoms with van der Waals surface area (Å²) in [6, 6.07) is 10.4. The Morgan fingerprint density at radius 2 is 1.91 bits per heavy atom. The first-order valence-electron chi connectivity index (χ1n) is 8.06. The Kier molecular flexibility index (Phi) is 4.90. The van der Waals surface area contributed by atoms with Crippen molar-refractivity contribution in [2.75, 3.05) is 39.8 Å². The molecule has 0 radical (unpaired) electrons. The van der Waals surface area contributed by atoms with Gasteiger partial charge in [-0.3, -0.25) is 4.79 Å². The van der Waals surface area contributed by atoms with Gasteiger partial charge in [-0.25, -0.2) is 0 Å². The van der Waals surface area contributed by atoms with Crippen LogP contribution in [0.25, 0.3) is 6.08 Å². The molecule has 0 N–H and O–H groups in total. The SMILES string of the molecule is CN1CCO[C@H](C(=O)N2CCC(=Cc3ccccc3)CC2)C1. The Morgan fingerprint density at radius 1 is 1.18 bits per heavy atom. The van der Waals surface area contributed by atoms with E-state index in [-0.39, 0.29) is 12.0 Å². The molecular formula is C18H24N2O2. The molecule has 2 saturated heterocycles. The van der Waals surface area contributed by atoms with Gasteiger partial charge in [-0.05, 0) is 25.5 Å². The molecule has 3 rings (SSSR count). The summed E-state index contributed by atoms with van der Waals surface area (Å²) in [6.45, 7) is 3.89. The lowest BCUT2D eigenvalue weighted by molar-refractivity contribution is -0.149. The fourth-order valence-electron chi connectivity index (χ4n) is 3.07. The normalized spacial score (nSPS) is 23.4. The minimum absolute atomic E-state index is 0.158. The van der Waals surface area contributed by atoms with Crippen LogP contribution in [0.1, 0.15) is 18.4 Å². The van der Waals surface area contributed by atoms with Crippen LogP contribution in [0, 0.1) is 0 Å². The Hall–Kier alpha value is -1.65. The summed E-state index contributed by atoms with van der Waals surface area (Å²) in [5, 5.41) is 0. The number of nitrogens with zero attached hydrogens (tertiary/aromatic N) is 2. The molecule has 0 spiro atoms. The number of benzene rings is 1.